The van der Waals surface area contributed by atoms with Crippen LogP contribution in [0.15, 0.2) is 231 Å². The van der Waals surface area contributed by atoms with E-state index in [0.29, 0.717) is 0 Å². The molecule has 10 aromatic carbocycles. The number of aromatic nitrogens is 1. The van der Waals surface area contributed by atoms with Gasteiger partial charge in [-0.15, -0.1) is 0 Å². The van der Waals surface area contributed by atoms with Gasteiger partial charge in [-0.2, -0.15) is 0 Å². The van der Waals surface area contributed by atoms with Gasteiger partial charge >= 0.3 is 0 Å². The molecule has 2 heteroatoms. The van der Waals surface area contributed by atoms with Crippen molar-refractivity contribution in [2.75, 3.05) is 4.90 Å². The molecule has 0 saturated heterocycles. The predicted molar refractivity (Wildman–Crippen MR) is 247 cm³/mol. The van der Waals surface area contributed by atoms with Gasteiger partial charge in [0, 0.05) is 33.5 Å². The molecule has 0 aliphatic heterocycles. The number of hydrogen-bond acceptors (Lipinski definition) is 1. The van der Waals surface area contributed by atoms with Crippen molar-refractivity contribution in [3.8, 4) is 39.1 Å². The normalized spacial score (nSPS) is 11.4. The summed E-state index contributed by atoms with van der Waals surface area (Å²) in [6.45, 7) is 0. The second-order valence-corrected chi connectivity index (χ2v) is 14.9. The summed E-state index contributed by atoms with van der Waals surface area (Å²) in [4.78, 5) is 2.36. The summed E-state index contributed by atoms with van der Waals surface area (Å²) in [6.07, 6.45) is 0. The standard InChI is InChI=1S/C56H38N2/c1-3-20-44(21-4-1)57(46-34-32-39(33-35-46)53-38-43-16-7-8-25-48(43)50-26-9-10-27-51(50)53)47-24-14-18-41(37-47)40-17-13-19-42(36-40)49-29-15-31-55-56(49)52-28-11-12-30-54(52)58(55)45-22-5-2-6-23-45/h1-38H. The fourth-order valence-corrected chi connectivity index (χ4v) is 8.91. The first-order chi connectivity index (χ1) is 28.8. The van der Waals surface area contributed by atoms with Crippen molar-refractivity contribution >= 4 is 60.4 Å². The zero-order valence-corrected chi connectivity index (χ0v) is 31.8. The lowest BCUT2D eigenvalue weighted by Gasteiger charge is -2.26. The summed E-state index contributed by atoms with van der Waals surface area (Å²) >= 11 is 0. The SMILES string of the molecule is c1ccc(N(c2ccc(-c3cc4ccccc4c4ccccc34)cc2)c2cccc(-c3cccc(-c4cccc5c4c4ccccc4n5-c4ccccc4)c3)c2)cc1. The summed E-state index contributed by atoms with van der Waals surface area (Å²) < 4.78 is 2.39. The van der Waals surface area contributed by atoms with Crippen molar-refractivity contribution in [3.05, 3.63) is 231 Å². The van der Waals surface area contributed by atoms with Crippen LogP contribution in [0, 0.1) is 0 Å². The molecule has 0 bridgehead atoms. The smallest absolute Gasteiger partial charge is 0.0547 e. The van der Waals surface area contributed by atoms with Crippen LogP contribution in [-0.4, -0.2) is 4.57 Å². The molecule has 58 heavy (non-hydrogen) atoms. The van der Waals surface area contributed by atoms with E-state index in [0.717, 1.165) is 22.7 Å². The zero-order chi connectivity index (χ0) is 38.4. The van der Waals surface area contributed by atoms with Crippen molar-refractivity contribution in [1.82, 2.24) is 4.57 Å². The first-order valence-corrected chi connectivity index (χ1v) is 19.9. The highest BCUT2D eigenvalue weighted by Gasteiger charge is 2.18. The summed E-state index contributed by atoms with van der Waals surface area (Å²) in [6, 6.07) is 83.6. The van der Waals surface area contributed by atoms with Gasteiger partial charge in [0.2, 0.25) is 0 Å². The van der Waals surface area contributed by atoms with E-state index in [1.54, 1.807) is 0 Å². The average Bonchev–Trinajstić information content (AvgIpc) is 3.65. The highest BCUT2D eigenvalue weighted by molar-refractivity contribution is 6.16. The molecule has 0 aliphatic carbocycles. The third-order valence-electron chi connectivity index (χ3n) is 11.5. The lowest BCUT2D eigenvalue weighted by molar-refractivity contribution is 1.18. The van der Waals surface area contributed by atoms with Gasteiger partial charge in [-0.05, 0) is 128 Å². The fraction of sp³-hybridized carbons (Fsp3) is 0. The minimum atomic E-state index is 1.10. The largest absolute Gasteiger partial charge is 0.310 e. The van der Waals surface area contributed by atoms with E-state index < -0.39 is 0 Å². The minimum Gasteiger partial charge on any atom is -0.310 e. The first kappa shape index (κ1) is 33.6. The molecule has 2 nitrogen and oxygen atoms in total. The summed E-state index contributed by atoms with van der Waals surface area (Å²) in [7, 11) is 0. The number of para-hydroxylation sites is 3. The molecule has 1 aromatic heterocycles. The number of nitrogens with zero attached hydrogens (tertiary/aromatic N) is 2. The Morgan fingerprint density at radius 3 is 1.67 bits per heavy atom. The van der Waals surface area contributed by atoms with Crippen molar-refractivity contribution in [1.29, 1.82) is 0 Å². The lowest BCUT2D eigenvalue weighted by Crippen LogP contribution is -2.09. The highest BCUT2D eigenvalue weighted by atomic mass is 15.1. The van der Waals surface area contributed by atoms with E-state index in [1.165, 1.54) is 76.7 Å². The van der Waals surface area contributed by atoms with Gasteiger partial charge in [0.1, 0.15) is 0 Å². The van der Waals surface area contributed by atoms with E-state index in [9.17, 15) is 0 Å². The molecule has 0 saturated carbocycles. The van der Waals surface area contributed by atoms with Crippen molar-refractivity contribution in [2.45, 2.75) is 0 Å². The van der Waals surface area contributed by atoms with Gasteiger partial charge in [0.05, 0.1) is 11.0 Å². The van der Waals surface area contributed by atoms with E-state index in [1.807, 2.05) is 0 Å². The maximum atomic E-state index is 2.39. The Morgan fingerprint density at radius 2 is 0.862 bits per heavy atom. The molecule has 1 heterocycles. The Balaban J connectivity index is 0.996. The molecule has 0 fully saturated rings. The molecule has 0 amide bonds. The van der Waals surface area contributed by atoms with Gasteiger partial charge in [-0.3, -0.25) is 0 Å². The molecular formula is C56H38N2. The zero-order valence-electron chi connectivity index (χ0n) is 31.8. The maximum Gasteiger partial charge on any atom is 0.0547 e. The van der Waals surface area contributed by atoms with Gasteiger partial charge in [-0.25, -0.2) is 0 Å². The van der Waals surface area contributed by atoms with E-state index in [-0.39, 0.29) is 0 Å². The maximum absolute atomic E-state index is 2.39. The quantitative estimate of drug-likeness (QED) is 0.148. The number of fused-ring (bicyclic) bond motifs is 6. The Kier molecular flexibility index (Phi) is 8.19. The Labute approximate surface area is 338 Å². The van der Waals surface area contributed by atoms with Crippen LogP contribution in [0.4, 0.5) is 17.1 Å². The van der Waals surface area contributed by atoms with Gasteiger partial charge in [-0.1, -0.05) is 158 Å². The van der Waals surface area contributed by atoms with Crippen LogP contribution in [0.5, 0.6) is 0 Å². The monoisotopic (exact) mass is 738 g/mol. The first-order valence-electron chi connectivity index (χ1n) is 19.9. The summed E-state index contributed by atoms with van der Waals surface area (Å²) in [5.74, 6) is 0. The van der Waals surface area contributed by atoms with Crippen LogP contribution in [0.25, 0.3) is 82.4 Å². The van der Waals surface area contributed by atoms with Gasteiger partial charge < -0.3 is 9.47 Å². The second kappa shape index (κ2) is 14.1. The van der Waals surface area contributed by atoms with Gasteiger partial charge in [0.15, 0.2) is 0 Å². The highest BCUT2D eigenvalue weighted by Crippen LogP contribution is 2.42. The molecule has 0 unspecified atom stereocenters. The lowest BCUT2D eigenvalue weighted by atomic mass is 9.93. The number of hydrogen-bond donors (Lipinski definition) is 0. The molecule has 0 aliphatic rings. The van der Waals surface area contributed by atoms with Crippen LogP contribution < -0.4 is 4.90 Å². The summed E-state index contributed by atoms with van der Waals surface area (Å²) in [5, 5.41) is 7.60. The fourth-order valence-electron chi connectivity index (χ4n) is 8.91. The average molecular weight is 739 g/mol. The van der Waals surface area contributed by atoms with Crippen LogP contribution in [0.2, 0.25) is 0 Å². The van der Waals surface area contributed by atoms with Crippen LogP contribution in [-0.2, 0) is 0 Å². The van der Waals surface area contributed by atoms with Crippen molar-refractivity contribution in [2.24, 2.45) is 0 Å². The minimum absolute atomic E-state index is 1.10. The Hall–Kier alpha value is -7.68. The van der Waals surface area contributed by atoms with Crippen molar-refractivity contribution in [3.63, 3.8) is 0 Å². The Morgan fingerprint density at radius 1 is 0.293 bits per heavy atom. The molecule has 0 N–H and O–H groups in total. The summed E-state index contributed by atoms with van der Waals surface area (Å²) in [5.41, 5.74) is 14.1. The van der Waals surface area contributed by atoms with Gasteiger partial charge in [0.25, 0.3) is 0 Å². The van der Waals surface area contributed by atoms with Crippen molar-refractivity contribution < 1.29 is 0 Å². The second-order valence-electron chi connectivity index (χ2n) is 14.9. The Bertz CT molecular complexity index is 3270. The molecule has 11 aromatic rings. The molecule has 0 atom stereocenters. The molecule has 0 spiro atoms. The topological polar surface area (TPSA) is 8.17 Å². The molecule has 0 radical (unpaired) electrons. The van der Waals surface area contributed by atoms with E-state index in [4.69, 9.17) is 0 Å². The molecule has 11 rings (SSSR count). The molecular weight excluding hydrogens is 701 g/mol. The third-order valence-corrected chi connectivity index (χ3v) is 11.5. The number of benzene rings is 10. The van der Waals surface area contributed by atoms with E-state index in [2.05, 4.69) is 240 Å². The molecule has 272 valence electrons. The number of anilines is 3. The predicted octanol–water partition coefficient (Wildman–Crippen LogP) is 15.6. The number of rotatable bonds is 7. The van der Waals surface area contributed by atoms with E-state index >= 15 is 0 Å². The van der Waals surface area contributed by atoms with Crippen LogP contribution in [0.3, 0.4) is 0 Å². The van der Waals surface area contributed by atoms with Crippen LogP contribution in [0.1, 0.15) is 0 Å². The van der Waals surface area contributed by atoms with Crippen LogP contribution >= 0.6 is 0 Å². The third kappa shape index (κ3) is 5.74.